The molecule has 0 saturated carbocycles. The molecule has 0 aliphatic heterocycles. The number of benzene rings is 7. The second-order valence-electron chi connectivity index (χ2n) is 13.4. The molecule has 232 valence electrons. The minimum Gasteiger partial charge on any atom is -0.228 e. The van der Waals surface area contributed by atoms with Gasteiger partial charge >= 0.3 is 0 Å². The number of nitrogens with zero attached hydrogens (tertiary/aromatic N) is 2. The van der Waals surface area contributed by atoms with Crippen molar-refractivity contribution in [2.75, 3.05) is 0 Å². The van der Waals surface area contributed by atoms with Gasteiger partial charge in [-0.25, -0.2) is 9.97 Å². The number of rotatable bonds is 5. The Morgan fingerprint density at radius 2 is 0.939 bits per heavy atom. The Balaban J connectivity index is 1.30. The van der Waals surface area contributed by atoms with Crippen molar-refractivity contribution in [2.24, 2.45) is 0 Å². The third kappa shape index (κ3) is 4.96. The molecule has 0 radical (unpaired) electrons. The Kier molecular flexibility index (Phi) is 6.84. The Morgan fingerprint density at radius 3 is 1.63 bits per heavy atom. The van der Waals surface area contributed by atoms with Crippen molar-refractivity contribution in [2.45, 2.75) is 19.3 Å². The van der Waals surface area contributed by atoms with Crippen LogP contribution < -0.4 is 0 Å². The normalized spacial score (nSPS) is 12.9. The van der Waals surface area contributed by atoms with Crippen LogP contribution in [0.2, 0.25) is 0 Å². The van der Waals surface area contributed by atoms with Crippen LogP contribution in [0.4, 0.5) is 0 Å². The Labute approximate surface area is 287 Å². The molecule has 0 N–H and O–H groups in total. The highest BCUT2D eigenvalue weighted by Crippen LogP contribution is 2.55. The van der Waals surface area contributed by atoms with Crippen molar-refractivity contribution >= 4 is 10.8 Å². The molecule has 2 heteroatoms. The van der Waals surface area contributed by atoms with Gasteiger partial charge < -0.3 is 0 Å². The van der Waals surface area contributed by atoms with Gasteiger partial charge in [0, 0.05) is 22.1 Å². The fourth-order valence-corrected chi connectivity index (χ4v) is 7.64. The largest absolute Gasteiger partial charge is 0.228 e. The van der Waals surface area contributed by atoms with Crippen LogP contribution in [0, 0.1) is 0 Å². The van der Waals surface area contributed by atoms with Gasteiger partial charge in [-0.15, -0.1) is 0 Å². The Morgan fingerprint density at radius 1 is 0.408 bits per heavy atom. The molecule has 0 fully saturated rings. The van der Waals surface area contributed by atoms with E-state index in [0.717, 1.165) is 33.9 Å². The third-order valence-electron chi connectivity index (χ3n) is 10.1. The summed E-state index contributed by atoms with van der Waals surface area (Å²) >= 11 is 0. The molecule has 8 aromatic rings. The van der Waals surface area contributed by atoms with E-state index in [-0.39, 0.29) is 5.41 Å². The summed E-state index contributed by atoms with van der Waals surface area (Å²) in [7, 11) is 0. The number of hydrogen-bond acceptors (Lipinski definition) is 2. The molecule has 1 aromatic heterocycles. The second kappa shape index (κ2) is 11.5. The summed E-state index contributed by atoms with van der Waals surface area (Å²) in [5.41, 5.74) is 14.9. The quantitative estimate of drug-likeness (QED) is 0.190. The average Bonchev–Trinajstić information content (AvgIpc) is 3.42. The van der Waals surface area contributed by atoms with E-state index in [1.54, 1.807) is 0 Å². The summed E-state index contributed by atoms with van der Waals surface area (Å²) in [6.07, 6.45) is 0. The SMILES string of the molecule is CC1(C)c2ccccc2-c2c(-c3cc(-c4ccc(-c5ccccc5)cc4)nc(-c4ccccc4)n3)cc3cc(-c4ccccc4)ccc3c21. The molecule has 0 unspecified atom stereocenters. The molecular formula is C47H34N2. The summed E-state index contributed by atoms with van der Waals surface area (Å²) in [6.45, 7) is 4.72. The van der Waals surface area contributed by atoms with E-state index in [1.165, 1.54) is 55.3 Å². The zero-order valence-corrected chi connectivity index (χ0v) is 27.6. The standard InChI is InChI=1S/C47H34N2/c1-47(2)41-21-13-12-20-39(41)44-40(29-37-28-36(26-27-38(37)45(44)47)32-16-8-4-9-17-32)43-30-42(48-46(49-43)35-18-10-5-11-19-35)34-24-22-33(23-25-34)31-14-6-3-7-15-31/h3-30H,1-2H3. The molecule has 1 aliphatic carbocycles. The van der Waals surface area contributed by atoms with Gasteiger partial charge in [-0.1, -0.05) is 166 Å². The third-order valence-corrected chi connectivity index (χ3v) is 10.1. The van der Waals surface area contributed by atoms with Crippen LogP contribution in [0.25, 0.3) is 78.1 Å². The lowest BCUT2D eigenvalue weighted by molar-refractivity contribution is 0.666. The van der Waals surface area contributed by atoms with Gasteiger partial charge in [0.05, 0.1) is 11.4 Å². The molecule has 1 heterocycles. The summed E-state index contributed by atoms with van der Waals surface area (Å²) < 4.78 is 0. The molecule has 7 aromatic carbocycles. The van der Waals surface area contributed by atoms with Gasteiger partial charge in [0.25, 0.3) is 0 Å². The second-order valence-corrected chi connectivity index (χ2v) is 13.4. The highest BCUT2D eigenvalue weighted by Gasteiger charge is 2.38. The van der Waals surface area contributed by atoms with Crippen molar-refractivity contribution in [3.63, 3.8) is 0 Å². The van der Waals surface area contributed by atoms with E-state index in [4.69, 9.17) is 9.97 Å². The van der Waals surface area contributed by atoms with Crippen molar-refractivity contribution < 1.29 is 0 Å². The van der Waals surface area contributed by atoms with Gasteiger partial charge in [-0.2, -0.15) is 0 Å². The smallest absolute Gasteiger partial charge is 0.160 e. The first-order valence-electron chi connectivity index (χ1n) is 16.9. The van der Waals surface area contributed by atoms with Gasteiger partial charge in [-0.05, 0) is 73.5 Å². The number of hydrogen-bond donors (Lipinski definition) is 0. The van der Waals surface area contributed by atoms with Crippen LogP contribution in [0.15, 0.2) is 170 Å². The van der Waals surface area contributed by atoms with Crippen LogP contribution in [0.3, 0.4) is 0 Å². The van der Waals surface area contributed by atoms with E-state index < -0.39 is 0 Å². The van der Waals surface area contributed by atoms with E-state index in [9.17, 15) is 0 Å². The minimum atomic E-state index is -0.181. The minimum absolute atomic E-state index is 0.181. The van der Waals surface area contributed by atoms with Gasteiger partial charge in [0.1, 0.15) is 0 Å². The number of aromatic nitrogens is 2. The first-order chi connectivity index (χ1) is 24.0. The summed E-state index contributed by atoms with van der Waals surface area (Å²) in [5.74, 6) is 0.720. The summed E-state index contributed by atoms with van der Waals surface area (Å²) in [4.78, 5) is 10.5. The van der Waals surface area contributed by atoms with Crippen molar-refractivity contribution in [3.8, 4) is 67.3 Å². The maximum Gasteiger partial charge on any atom is 0.160 e. The fourth-order valence-electron chi connectivity index (χ4n) is 7.64. The van der Waals surface area contributed by atoms with E-state index >= 15 is 0 Å². The fraction of sp³-hybridized carbons (Fsp3) is 0.0638. The molecule has 1 aliphatic rings. The van der Waals surface area contributed by atoms with Crippen molar-refractivity contribution in [1.82, 2.24) is 9.97 Å². The molecule has 9 rings (SSSR count). The summed E-state index contributed by atoms with van der Waals surface area (Å²) in [6, 6.07) is 60.6. The lowest BCUT2D eigenvalue weighted by Gasteiger charge is -2.24. The van der Waals surface area contributed by atoms with E-state index in [1.807, 2.05) is 6.07 Å². The molecular weight excluding hydrogens is 593 g/mol. The van der Waals surface area contributed by atoms with Crippen LogP contribution >= 0.6 is 0 Å². The molecule has 0 atom stereocenters. The molecule has 0 saturated heterocycles. The number of fused-ring (bicyclic) bond motifs is 5. The van der Waals surface area contributed by atoms with Crippen molar-refractivity contribution in [3.05, 3.63) is 181 Å². The molecule has 0 amide bonds. The lowest BCUT2D eigenvalue weighted by Crippen LogP contribution is -2.15. The van der Waals surface area contributed by atoms with Crippen LogP contribution in [-0.2, 0) is 5.41 Å². The van der Waals surface area contributed by atoms with Crippen LogP contribution in [0.5, 0.6) is 0 Å². The van der Waals surface area contributed by atoms with Gasteiger partial charge in [0.2, 0.25) is 0 Å². The van der Waals surface area contributed by atoms with E-state index in [0.29, 0.717) is 0 Å². The van der Waals surface area contributed by atoms with Gasteiger partial charge in [0.15, 0.2) is 5.82 Å². The molecule has 0 spiro atoms. The first kappa shape index (κ1) is 29.1. The lowest BCUT2D eigenvalue weighted by atomic mass is 9.79. The monoisotopic (exact) mass is 626 g/mol. The van der Waals surface area contributed by atoms with Gasteiger partial charge in [-0.3, -0.25) is 0 Å². The zero-order valence-electron chi connectivity index (χ0n) is 27.6. The van der Waals surface area contributed by atoms with Crippen molar-refractivity contribution in [1.29, 1.82) is 0 Å². The average molecular weight is 627 g/mol. The Bertz CT molecular complexity index is 2480. The zero-order chi connectivity index (χ0) is 33.0. The summed E-state index contributed by atoms with van der Waals surface area (Å²) in [5, 5.41) is 2.50. The maximum absolute atomic E-state index is 5.34. The maximum atomic E-state index is 5.34. The molecule has 0 bridgehead atoms. The highest BCUT2D eigenvalue weighted by atomic mass is 14.9. The predicted octanol–water partition coefficient (Wildman–Crippen LogP) is 12.3. The topological polar surface area (TPSA) is 25.8 Å². The first-order valence-corrected chi connectivity index (χ1v) is 16.9. The highest BCUT2D eigenvalue weighted by molar-refractivity contribution is 6.05. The molecule has 2 nitrogen and oxygen atoms in total. The van der Waals surface area contributed by atoms with Crippen LogP contribution in [0.1, 0.15) is 25.0 Å². The van der Waals surface area contributed by atoms with E-state index in [2.05, 4.69) is 178 Å². The Hall–Kier alpha value is -6.12. The predicted molar refractivity (Wildman–Crippen MR) is 204 cm³/mol. The van der Waals surface area contributed by atoms with Crippen LogP contribution in [-0.4, -0.2) is 9.97 Å². The molecule has 49 heavy (non-hydrogen) atoms.